The van der Waals surface area contributed by atoms with Gasteiger partial charge in [-0.25, -0.2) is 0 Å². The number of nitro groups is 2. The normalized spacial score (nSPS) is 24.3. The minimum absolute atomic E-state index is 0.0192. The Labute approximate surface area is 214 Å². The first-order valence-corrected chi connectivity index (χ1v) is 12.5. The van der Waals surface area contributed by atoms with E-state index in [-0.39, 0.29) is 34.0 Å². The molecule has 1 aliphatic carbocycles. The van der Waals surface area contributed by atoms with Crippen molar-refractivity contribution in [1.82, 2.24) is 0 Å². The maximum Gasteiger partial charge on any atom is 0.282 e. The van der Waals surface area contributed by atoms with Crippen molar-refractivity contribution in [3.8, 4) is 0 Å². The van der Waals surface area contributed by atoms with Gasteiger partial charge in [-0.05, 0) is 24.0 Å². The fraction of sp³-hybridized carbons (Fsp3) is 0.240. The van der Waals surface area contributed by atoms with Crippen LogP contribution >= 0.6 is 23.4 Å². The van der Waals surface area contributed by atoms with E-state index in [1.54, 1.807) is 48.5 Å². The highest BCUT2D eigenvalue weighted by molar-refractivity contribution is 8.00. The Morgan fingerprint density at radius 1 is 0.917 bits per heavy atom. The standard InChI is InChI=1S/C25H20ClN3O6S/c26-22-20(36-19-11-4-3-10-18(19)29(34)35)12-16-21(22)14-7-5-8-15(25(30)31)24(14)27-23(16)13-6-1-2-9-17(13)28(32)33/h1-11,16,20-23,27H,12H2,(H,30,31)/p-1/t16-,20+,21-,22+,23-/m1/s1. The summed E-state index contributed by atoms with van der Waals surface area (Å²) in [6, 6.07) is 17.0. The average molecular weight is 525 g/mol. The summed E-state index contributed by atoms with van der Waals surface area (Å²) in [7, 11) is 0. The first kappa shape index (κ1) is 24.1. The summed E-state index contributed by atoms with van der Waals surface area (Å²) in [5, 5.41) is 37.8. The summed E-state index contributed by atoms with van der Waals surface area (Å²) in [6.45, 7) is 0. The number of nitrogens with one attached hydrogen (secondary N) is 1. The Balaban J connectivity index is 1.62. The van der Waals surface area contributed by atoms with Gasteiger partial charge in [-0.1, -0.05) is 48.5 Å². The Kier molecular flexibility index (Phi) is 6.31. The number of halogens is 1. The minimum atomic E-state index is -1.37. The van der Waals surface area contributed by atoms with Crippen molar-refractivity contribution in [3.05, 3.63) is 104 Å². The Hall–Kier alpha value is -3.63. The van der Waals surface area contributed by atoms with Crippen molar-refractivity contribution in [2.45, 2.75) is 33.9 Å². The molecule has 184 valence electrons. The van der Waals surface area contributed by atoms with Crippen LogP contribution in [0.5, 0.6) is 0 Å². The van der Waals surface area contributed by atoms with E-state index in [4.69, 9.17) is 11.6 Å². The maximum absolute atomic E-state index is 11.9. The van der Waals surface area contributed by atoms with E-state index < -0.39 is 27.2 Å². The lowest BCUT2D eigenvalue weighted by Gasteiger charge is -2.39. The molecule has 0 amide bonds. The number of anilines is 1. The van der Waals surface area contributed by atoms with E-state index >= 15 is 0 Å². The molecule has 0 bridgehead atoms. The van der Waals surface area contributed by atoms with Crippen molar-refractivity contribution in [2.75, 3.05) is 5.32 Å². The number of para-hydroxylation sites is 3. The minimum Gasteiger partial charge on any atom is -0.545 e. The van der Waals surface area contributed by atoms with Crippen molar-refractivity contribution in [3.63, 3.8) is 0 Å². The average Bonchev–Trinajstić information content (AvgIpc) is 3.19. The zero-order valence-electron chi connectivity index (χ0n) is 18.6. The van der Waals surface area contributed by atoms with E-state index in [2.05, 4.69) is 5.32 Å². The number of thioether (sulfide) groups is 1. The number of rotatable bonds is 6. The Morgan fingerprint density at radius 2 is 1.56 bits per heavy atom. The number of hydrogen-bond acceptors (Lipinski definition) is 8. The zero-order valence-corrected chi connectivity index (χ0v) is 20.1. The summed E-state index contributed by atoms with van der Waals surface area (Å²) < 4.78 is 0. The van der Waals surface area contributed by atoms with Crippen LogP contribution in [0, 0.1) is 26.1 Å². The molecule has 0 spiro atoms. The molecule has 1 fully saturated rings. The SMILES string of the molecule is O=C([O-])c1cccc2c1N[C@H](c1ccccc1[N+](=O)[O-])[C@@H]1C[C@H](Sc3ccccc3[N+](=O)[O-])[C@H](Cl)[C@H]21. The molecule has 36 heavy (non-hydrogen) atoms. The molecule has 5 rings (SSSR count). The van der Waals surface area contributed by atoms with Gasteiger partial charge in [0.25, 0.3) is 11.4 Å². The molecule has 3 aromatic rings. The quantitative estimate of drug-likeness (QED) is 0.273. The number of carboxylic acid groups (broad SMARTS) is 1. The lowest BCUT2D eigenvalue weighted by molar-refractivity contribution is -0.387. The van der Waals surface area contributed by atoms with Gasteiger partial charge in [-0.15, -0.1) is 23.4 Å². The van der Waals surface area contributed by atoms with Gasteiger partial charge < -0.3 is 15.2 Å². The number of aromatic carboxylic acids is 1. The number of carbonyl (C=O) groups excluding carboxylic acids is 1. The Bertz CT molecular complexity index is 1390. The summed E-state index contributed by atoms with van der Waals surface area (Å²) in [4.78, 5) is 34.9. The molecule has 0 unspecified atom stereocenters. The van der Waals surface area contributed by atoms with E-state index in [0.717, 1.165) is 0 Å². The Morgan fingerprint density at radius 3 is 2.25 bits per heavy atom. The number of alkyl halides is 1. The fourth-order valence-electron chi connectivity index (χ4n) is 5.41. The third-order valence-electron chi connectivity index (χ3n) is 6.88. The molecule has 3 aromatic carbocycles. The molecule has 1 saturated carbocycles. The van der Waals surface area contributed by atoms with E-state index in [9.17, 15) is 30.1 Å². The van der Waals surface area contributed by atoms with Crippen LogP contribution in [0.25, 0.3) is 0 Å². The van der Waals surface area contributed by atoms with Gasteiger partial charge in [-0.2, -0.15) is 0 Å². The molecule has 2 aliphatic rings. The van der Waals surface area contributed by atoms with Crippen LogP contribution in [0.4, 0.5) is 17.1 Å². The molecular formula is C25H19ClN3O6S-. The fourth-order valence-corrected chi connectivity index (χ4v) is 7.35. The number of nitro benzene ring substituents is 2. The van der Waals surface area contributed by atoms with Gasteiger partial charge in [0.1, 0.15) is 0 Å². The zero-order chi connectivity index (χ0) is 25.6. The number of benzene rings is 3. The first-order chi connectivity index (χ1) is 17.3. The second-order valence-corrected chi connectivity index (χ2v) is 10.5. The predicted octanol–water partition coefficient (Wildman–Crippen LogP) is 4.91. The second-order valence-electron chi connectivity index (χ2n) is 8.75. The largest absolute Gasteiger partial charge is 0.545 e. The third-order valence-corrected chi connectivity index (χ3v) is 8.99. The topological polar surface area (TPSA) is 138 Å². The molecule has 9 nitrogen and oxygen atoms in total. The van der Waals surface area contributed by atoms with Crippen molar-refractivity contribution in [1.29, 1.82) is 0 Å². The molecule has 0 radical (unpaired) electrons. The number of fused-ring (bicyclic) bond motifs is 3. The first-order valence-electron chi connectivity index (χ1n) is 11.2. The van der Waals surface area contributed by atoms with Gasteiger partial charge in [0.15, 0.2) is 0 Å². The van der Waals surface area contributed by atoms with Crippen molar-refractivity contribution >= 4 is 46.4 Å². The van der Waals surface area contributed by atoms with Gasteiger partial charge in [0.05, 0.1) is 37.7 Å². The van der Waals surface area contributed by atoms with Crippen LogP contribution < -0.4 is 10.4 Å². The third kappa shape index (κ3) is 4.06. The number of carboxylic acids is 1. The number of nitrogens with zero attached hydrogens (tertiary/aromatic N) is 2. The molecular weight excluding hydrogens is 506 g/mol. The summed E-state index contributed by atoms with van der Waals surface area (Å²) in [6.07, 6.45) is 0.508. The lowest BCUT2D eigenvalue weighted by Crippen LogP contribution is -2.34. The van der Waals surface area contributed by atoms with Crippen LogP contribution in [0.15, 0.2) is 71.6 Å². The molecule has 1 heterocycles. The number of hydrogen-bond donors (Lipinski definition) is 1. The van der Waals surface area contributed by atoms with Crippen molar-refractivity contribution in [2.24, 2.45) is 5.92 Å². The van der Waals surface area contributed by atoms with E-state index in [1.807, 2.05) is 0 Å². The maximum atomic E-state index is 11.9. The van der Waals surface area contributed by atoms with E-state index in [1.165, 1.54) is 30.0 Å². The molecule has 11 heteroatoms. The van der Waals surface area contributed by atoms with Crippen LogP contribution in [0.2, 0.25) is 0 Å². The van der Waals surface area contributed by atoms with Gasteiger partial charge in [-0.3, -0.25) is 20.2 Å². The predicted molar refractivity (Wildman–Crippen MR) is 133 cm³/mol. The van der Waals surface area contributed by atoms with Crippen LogP contribution in [0.1, 0.15) is 39.9 Å². The molecule has 0 aromatic heterocycles. The monoisotopic (exact) mass is 524 g/mol. The summed E-state index contributed by atoms with van der Waals surface area (Å²) >= 11 is 8.34. The highest BCUT2D eigenvalue weighted by Crippen LogP contribution is 2.59. The van der Waals surface area contributed by atoms with Gasteiger partial charge in [0, 0.05) is 34.6 Å². The molecule has 5 atom stereocenters. The van der Waals surface area contributed by atoms with Gasteiger partial charge >= 0.3 is 0 Å². The van der Waals surface area contributed by atoms with E-state index in [0.29, 0.717) is 28.1 Å². The summed E-state index contributed by atoms with van der Waals surface area (Å²) in [5.74, 6) is -1.93. The van der Waals surface area contributed by atoms with Gasteiger partial charge in [0.2, 0.25) is 0 Å². The van der Waals surface area contributed by atoms with Crippen molar-refractivity contribution < 1.29 is 19.7 Å². The smallest absolute Gasteiger partial charge is 0.282 e. The molecule has 1 aliphatic heterocycles. The van der Waals surface area contributed by atoms with Crippen LogP contribution in [-0.2, 0) is 0 Å². The van der Waals surface area contributed by atoms with Crippen LogP contribution in [0.3, 0.4) is 0 Å². The highest BCUT2D eigenvalue weighted by atomic mass is 35.5. The molecule has 1 N–H and O–H groups in total. The summed E-state index contributed by atoms with van der Waals surface area (Å²) in [5.41, 5.74) is 1.31. The second kappa shape index (κ2) is 9.44. The van der Waals surface area contributed by atoms with Crippen LogP contribution in [-0.4, -0.2) is 26.4 Å². The molecule has 0 saturated heterocycles. The lowest BCUT2D eigenvalue weighted by atomic mass is 9.76. The highest BCUT2D eigenvalue weighted by Gasteiger charge is 2.51. The number of carbonyl (C=O) groups is 1.